The zero-order chi connectivity index (χ0) is 25.6. The Labute approximate surface area is 215 Å². The Balaban J connectivity index is 1.44. The van der Waals surface area contributed by atoms with E-state index in [2.05, 4.69) is 4.98 Å². The van der Waals surface area contributed by atoms with Crippen molar-refractivity contribution in [2.24, 2.45) is 0 Å². The molecule has 4 aromatic rings. The van der Waals surface area contributed by atoms with E-state index in [4.69, 9.17) is 14.2 Å². The van der Waals surface area contributed by atoms with Gasteiger partial charge in [0.05, 0.1) is 18.4 Å². The maximum atomic E-state index is 14.4. The van der Waals surface area contributed by atoms with Crippen LogP contribution < -0.4 is 4.74 Å². The highest BCUT2D eigenvalue weighted by molar-refractivity contribution is 5.47. The van der Waals surface area contributed by atoms with Crippen LogP contribution in [0.2, 0.25) is 0 Å². The van der Waals surface area contributed by atoms with Crippen LogP contribution in [-0.4, -0.2) is 17.4 Å². The van der Waals surface area contributed by atoms with E-state index < -0.39 is 18.0 Å². The lowest BCUT2D eigenvalue weighted by Crippen LogP contribution is -2.33. The van der Waals surface area contributed by atoms with E-state index in [1.165, 1.54) is 18.3 Å². The van der Waals surface area contributed by atoms with Crippen LogP contribution in [0, 0.1) is 0 Å². The minimum absolute atomic E-state index is 0.0265. The molecule has 1 saturated carbocycles. The first kappa shape index (κ1) is 25.1. The lowest BCUT2D eigenvalue weighted by atomic mass is 9.80. The normalized spacial score (nSPS) is 14.5. The number of hydrogen-bond acceptors (Lipinski definition) is 4. The molecule has 0 saturated heterocycles. The summed E-state index contributed by atoms with van der Waals surface area (Å²) in [6.45, 7) is 0.0605. The van der Waals surface area contributed by atoms with Crippen LogP contribution in [0.25, 0.3) is 0 Å². The van der Waals surface area contributed by atoms with Gasteiger partial charge in [0, 0.05) is 12.3 Å². The Morgan fingerprint density at radius 2 is 1.24 bits per heavy atom. The van der Waals surface area contributed by atoms with Gasteiger partial charge in [0.15, 0.2) is 0 Å². The quantitative estimate of drug-likeness (QED) is 0.167. The lowest BCUT2D eigenvalue weighted by Gasteiger charge is -2.36. The van der Waals surface area contributed by atoms with Crippen molar-refractivity contribution < 1.29 is 23.0 Å². The number of pyridine rings is 1. The number of rotatable bonds is 10. The third-order valence-corrected chi connectivity index (χ3v) is 6.61. The summed E-state index contributed by atoms with van der Waals surface area (Å²) in [5.74, 6) is -0.0265. The van der Waals surface area contributed by atoms with Crippen LogP contribution >= 0.6 is 0 Å². The number of benzene rings is 3. The molecule has 0 unspecified atom stereocenters. The van der Waals surface area contributed by atoms with Crippen LogP contribution in [0.1, 0.15) is 48.1 Å². The molecule has 37 heavy (non-hydrogen) atoms. The molecule has 1 aliphatic rings. The topological polar surface area (TPSA) is 40.6 Å². The number of aromatic nitrogens is 1. The van der Waals surface area contributed by atoms with Gasteiger partial charge in [0.1, 0.15) is 11.4 Å². The highest BCUT2D eigenvalue weighted by Gasteiger charge is 2.39. The summed E-state index contributed by atoms with van der Waals surface area (Å²) in [5, 5.41) is 0. The number of halogens is 2. The SMILES string of the molecule is FC(F)(Oc1ccnc(COC(c2ccccc2)(c2ccccc2)c2ccccc2)c1)OC1CCCC1. The van der Waals surface area contributed by atoms with E-state index >= 15 is 0 Å². The van der Waals surface area contributed by atoms with E-state index in [1.807, 2.05) is 91.0 Å². The Morgan fingerprint density at radius 1 is 0.730 bits per heavy atom. The van der Waals surface area contributed by atoms with Crippen molar-refractivity contribution in [3.05, 3.63) is 132 Å². The van der Waals surface area contributed by atoms with Gasteiger partial charge < -0.3 is 9.47 Å². The molecule has 3 aromatic carbocycles. The average Bonchev–Trinajstić information content (AvgIpc) is 3.43. The molecule has 0 amide bonds. The van der Waals surface area contributed by atoms with Gasteiger partial charge in [-0.3, -0.25) is 9.72 Å². The average molecular weight is 502 g/mol. The molecule has 0 spiro atoms. The smallest absolute Gasteiger partial charge is 0.409 e. The molecule has 6 heteroatoms. The summed E-state index contributed by atoms with van der Waals surface area (Å²) in [4.78, 5) is 4.37. The second-order valence-electron chi connectivity index (χ2n) is 9.14. The molecule has 0 bridgehead atoms. The molecular weight excluding hydrogens is 472 g/mol. The highest BCUT2D eigenvalue weighted by atomic mass is 19.3. The summed E-state index contributed by atoms with van der Waals surface area (Å²) in [6.07, 6.45) is 0.269. The standard InChI is InChI=1S/C31H29F2NO3/c32-31(33,36-28-18-10-11-19-28)37-29-20-21-34-27(22-29)23-35-30(24-12-4-1-5-13-24,25-14-6-2-7-15-25)26-16-8-3-9-17-26/h1-9,12-17,20-22,28H,10-11,18-19,23H2. The van der Waals surface area contributed by atoms with Gasteiger partial charge in [-0.15, -0.1) is 8.78 Å². The van der Waals surface area contributed by atoms with Crippen LogP contribution in [0.3, 0.4) is 0 Å². The second kappa shape index (κ2) is 11.2. The van der Waals surface area contributed by atoms with Crippen molar-refractivity contribution >= 4 is 0 Å². The maximum absolute atomic E-state index is 14.4. The van der Waals surface area contributed by atoms with Gasteiger partial charge in [-0.25, -0.2) is 0 Å². The number of nitrogens with zero attached hydrogens (tertiary/aromatic N) is 1. The van der Waals surface area contributed by atoms with Gasteiger partial charge in [-0.2, -0.15) is 0 Å². The first-order valence-corrected chi connectivity index (χ1v) is 12.6. The molecule has 0 aliphatic heterocycles. The van der Waals surface area contributed by atoms with Gasteiger partial charge in [-0.05, 0) is 35.6 Å². The van der Waals surface area contributed by atoms with Crippen LogP contribution in [-0.2, 0) is 21.7 Å². The molecule has 0 radical (unpaired) electrons. The van der Waals surface area contributed by atoms with Gasteiger partial charge in [-0.1, -0.05) is 104 Å². The van der Waals surface area contributed by atoms with Crippen molar-refractivity contribution in [2.75, 3.05) is 0 Å². The van der Waals surface area contributed by atoms with Crippen LogP contribution in [0.15, 0.2) is 109 Å². The van der Waals surface area contributed by atoms with E-state index in [1.54, 1.807) is 0 Å². The number of hydrogen-bond donors (Lipinski definition) is 0. The fourth-order valence-electron chi connectivity index (χ4n) is 4.91. The van der Waals surface area contributed by atoms with Gasteiger partial charge in [0.2, 0.25) is 0 Å². The summed E-state index contributed by atoms with van der Waals surface area (Å²) < 4.78 is 45.5. The predicted molar refractivity (Wildman–Crippen MR) is 137 cm³/mol. The minimum Gasteiger partial charge on any atom is -0.409 e. The van der Waals surface area contributed by atoms with Crippen molar-refractivity contribution in [1.29, 1.82) is 0 Å². The lowest BCUT2D eigenvalue weighted by molar-refractivity contribution is -0.368. The zero-order valence-corrected chi connectivity index (χ0v) is 20.4. The van der Waals surface area contributed by atoms with Gasteiger partial charge >= 0.3 is 6.29 Å². The van der Waals surface area contributed by atoms with Crippen molar-refractivity contribution in [1.82, 2.24) is 4.98 Å². The molecule has 1 fully saturated rings. The maximum Gasteiger partial charge on any atom is 0.535 e. The molecule has 1 heterocycles. The van der Waals surface area contributed by atoms with Gasteiger partial charge in [0.25, 0.3) is 0 Å². The molecule has 4 nitrogen and oxygen atoms in total. The fourth-order valence-corrected chi connectivity index (χ4v) is 4.91. The number of ether oxygens (including phenoxy) is 3. The van der Waals surface area contributed by atoms with Crippen molar-refractivity contribution in [2.45, 2.75) is 50.3 Å². The molecule has 1 aromatic heterocycles. The molecule has 5 rings (SSSR count). The van der Waals surface area contributed by atoms with Crippen molar-refractivity contribution in [3.63, 3.8) is 0 Å². The molecular formula is C31H29F2NO3. The Kier molecular flexibility index (Phi) is 7.58. The third-order valence-electron chi connectivity index (χ3n) is 6.61. The first-order valence-electron chi connectivity index (χ1n) is 12.6. The Morgan fingerprint density at radius 3 is 1.76 bits per heavy atom. The van der Waals surface area contributed by atoms with Crippen molar-refractivity contribution in [3.8, 4) is 5.75 Å². The molecule has 0 atom stereocenters. The fraction of sp³-hybridized carbons (Fsp3) is 0.258. The number of alkyl halides is 2. The largest absolute Gasteiger partial charge is 0.535 e. The third kappa shape index (κ3) is 5.87. The summed E-state index contributed by atoms with van der Waals surface area (Å²) in [6, 6.07) is 32.7. The van der Waals surface area contributed by atoms with E-state index in [-0.39, 0.29) is 12.4 Å². The Bertz CT molecular complexity index is 1170. The summed E-state index contributed by atoms with van der Waals surface area (Å²) in [7, 11) is 0. The minimum atomic E-state index is -3.71. The molecule has 1 aliphatic carbocycles. The van der Waals surface area contributed by atoms with E-state index in [0.29, 0.717) is 18.5 Å². The van der Waals surface area contributed by atoms with E-state index in [9.17, 15) is 8.78 Å². The second-order valence-corrected chi connectivity index (χ2v) is 9.14. The first-order chi connectivity index (χ1) is 18.1. The predicted octanol–water partition coefficient (Wildman–Crippen LogP) is 7.48. The highest BCUT2D eigenvalue weighted by Crippen LogP contribution is 2.41. The molecule has 190 valence electrons. The Hall–Kier alpha value is -3.61. The molecule has 0 N–H and O–H groups in total. The monoisotopic (exact) mass is 501 g/mol. The van der Waals surface area contributed by atoms with Crippen LogP contribution in [0.5, 0.6) is 5.75 Å². The summed E-state index contributed by atoms with van der Waals surface area (Å²) >= 11 is 0. The van der Waals surface area contributed by atoms with Crippen LogP contribution in [0.4, 0.5) is 8.78 Å². The zero-order valence-electron chi connectivity index (χ0n) is 20.4. The van der Waals surface area contributed by atoms with E-state index in [0.717, 1.165) is 29.5 Å². The summed E-state index contributed by atoms with van der Waals surface area (Å²) in [5.41, 5.74) is 2.34.